The Morgan fingerprint density at radius 1 is 1.43 bits per heavy atom. The van der Waals surface area contributed by atoms with Crippen LogP contribution in [0.2, 0.25) is 0 Å². The molecule has 0 N–H and O–H groups in total. The number of carbonyl (C=O) groups excluding carboxylic acids is 1. The molecule has 2 rings (SSSR count). The first kappa shape index (κ1) is 16.8. The molecule has 1 aromatic rings. The van der Waals surface area contributed by atoms with E-state index in [1.54, 1.807) is 4.90 Å². The highest BCUT2D eigenvalue weighted by molar-refractivity contribution is 9.10. The van der Waals surface area contributed by atoms with E-state index in [0.29, 0.717) is 18.7 Å². The molecule has 7 heteroatoms. The van der Waals surface area contributed by atoms with Crippen molar-refractivity contribution in [3.8, 4) is 0 Å². The highest BCUT2D eigenvalue weighted by Gasteiger charge is 2.33. The van der Waals surface area contributed by atoms with Crippen molar-refractivity contribution < 1.29 is 13.2 Å². The predicted octanol–water partition coefficient (Wildman–Crippen LogP) is 2.58. The monoisotopic (exact) mass is 391 g/mol. The highest BCUT2D eigenvalue weighted by atomic mass is 79.9. The summed E-state index contributed by atoms with van der Waals surface area (Å²) in [5.41, 5.74) is 0. The molecule has 0 bridgehead atoms. The van der Waals surface area contributed by atoms with E-state index < -0.39 is 9.84 Å². The number of thioether (sulfide) groups is 1. The number of hydrogen-bond donors (Lipinski definition) is 0. The normalized spacial score (nSPS) is 20.4. The summed E-state index contributed by atoms with van der Waals surface area (Å²) in [4.78, 5) is 15.1. The number of sulfone groups is 1. The molecule has 0 radical (unpaired) electrons. The maximum absolute atomic E-state index is 12.4. The zero-order valence-electron chi connectivity index (χ0n) is 11.8. The Kier molecular flexibility index (Phi) is 5.73. The summed E-state index contributed by atoms with van der Waals surface area (Å²) >= 11 is 4.93. The van der Waals surface area contributed by atoms with Crippen molar-refractivity contribution >= 4 is 43.4 Å². The van der Waals surface area contributed by atoms with Crippen LogP contribution in [0.5, 0.6) is 0 Å². The molecule has 0 saturated carbocycles. The van der Waals surface area contributed by atoms with Crippen LogP contribution in [-0.4, -0.2) is 49.1 Å². The zero-order valence-corrected chi connectivity index (χ0v) is 15.0. The van der Waals surface area contributed by atoms with Crippen molar-refractivity contribution in [2.75, 3.05) is 23.8 Å². The lowest BCUT2D eigenvalue weighted by Crippen LogP contribution is -2.41. The molecule has 1 saturated heterocycles. The van der Waals surface area contributed by atoms with Crippen molar-refractivity contribution in [3.63, 3.8) is 0 Å². The second kappa shape index (κ2) is 7.15. The Bertz CT molecular complexity index is 618. The first-order chi connectivity index (χ1) is 9.93. The van der Waals surface area contributed by atoms with Gasteiger partial charge < -0.3 is 4.90 Å². The fourth-order valence-corrected chi connectivity index (χ4v) is 5.63. The fraction of sp³-hybridized carbons (Fsp3) is 0.500. The Labute approximate surface area is 138 Å². The Hall–Kier alpha value is -0.530. The predicted molar refractivity (Wildman–Crippen MR) is 89.3 cm³/mol. The second-order valence-corrected chi connectivity index (χ2v) is 9.06. The van der Waals surface area contributed by atoms with Gasteiger partial charge in [0.05, 0.1) is 17.3 Å². The molecule has 1 aliphatic rings. The first-order valence-corrected chi connectivity index (χ1v) is 10.4. The largest absolute Gasteiger partial charge is 0.338 e. The summed E-state index contributed by atoms with van der Waals surface area (Å²) in [7, 11) is -2.97. The molecule has 21 heavy (non-hydrogen) atoms. The Morgan fingerprint density at radius 2 is 2.14 bits per heavy atom. The lowest BCUT2D eigenvalue weighted by Gasteiger charge is -2.26. The molecule has 1 aliphatic heterocycles. The van der Waals surface area contributed by atoms with Gasteiger partial charge in [0, 0.05) is 22.0 Å². The van der Waals surface area contributed by atoms with Crippen molar-refractivity contribution in [1.29, 1.82) is 0 Å². The van der Waals surface area contributed by atoms with Crippen LogP contribution in [0.15, 0.2) is 33.6 Å². The minimum atomic E-state index is -2.97. The molecule has 0 aromatic heterocycles. The second-order valence-electron chi connectivity index (χ2n) is 4.96. The number of carbonyl (C=O) groups is 1. The molecule has 0 spiro atoms. The molecule has 4 nitrogen and oxygen atoms in total. The molecule has 1 atom stereocenters. The fourth-order valence-electron chi connectivity index (χ4n) is 2.44. The zero-order chi connectivity index (χ0) is 15.5. The van der Waals surface area contributed by atoms with E-state index in [-0.39, 0.29) is 23.5 Å². The van der Waals surface area contributed by atoms with Crippen molar-refractivity contribution in [3.05, 3.63) is 28.7 Å². The molecular weight excluding hydrogens is 374 g/mol. The molecule has 1 fully saturated rings. The van der Waals surface area contributed by atoms with Crippen LogP contribution >= 0.6 is 27.7 Å². The van der Waals surface area contributed by atoms with E-state index in [2.05, 4.69) is 15.9 Å². The number of hydrogen-bond acceptors (Lipinski definition) is 4. The molecule has 1 aromatic carbocycles. The van der Waals surface area contributed by atoms with Crippen LogP contribution in [0.3, 0.4) is 0 Å². The summed E-state index contributed by atoms with van der Waals surface area (Å²) in [5, 5.41) is 0. The molecule has 116 valence electrons. The number of rotatable bonds is 5. The van der Waals surface area contributed by atoms with Crippen LogP contribution < -0.4 is 0 Å². The topological polar surface area (TPSA) is 54.5 Å². The maximum atomic E-state index is 12.4. The van der Waals surface area contributed by atoms with Crippen LogP contribution in [0.1, 0.15) is 13.3 Å². The first-order valence-electron chi connectivity index (χ1n) is 6.80. The van der Waals surface area contributed by atoms with E-state index in [0.717, 1.165) is 9.37 Å². The van der Waals surface area contributed by atoms with E-state index >= 15 is 0 Å². The van der Waals surface area contributed by atoms with Gasteiger partial charge in [-0.3, -0.25) is 4.79 Å². The molecule has 1 heterocycles. The average Bonchev–Trinajstić information content (AvgIpc) is 2.79. The summed E-state index contributed by atoms with van der Waals surface area (Å²) in [6.45, 7) is 2.45. The molecule has 0 aliphatic carbocycles. The van der Waals surface area contributed by atoms with Crippen LogP contribution in [-0.2, 0) is 14.6 Å². The number of amides is 1. The third-order valence-corrected chi connectivity index (χ3v) is 7.26. The van der Waals surface area contributed by atoms with Crippen molar-refractivity contribution in [2.45, 2.75) is 24.3 Å². The quantitative estimate of drug-likeness (QED) is 0.723. The van der Waals surface area contributed by atoms with Crippen LogP contribution in [0, 0.1) is 0 Å². The van der Waals surface area contributed by atoms with Gasteiger partial charge in [-0.25, -0.2) is 8.42 Å². The van der Waals surface area contributed by atoms with Crippen LogP contribution in [0.25, 0.3) is 0 Å². The summed E-state index contributed by atoms with van der Waals surface area (Å²) < 4.78 is 24.1. The summed E-state index contributed by atoms with van der Waals surface area (Å²) in [5.74, 6) is 0.623. The molecule has 1 unspecified atom stereocenters. The lowest BCUT2D eigenvalue weighted by atomic mass is 10.2. The van der Waals surface area contributed by atoms with Gasteiger partial charge in [0.15, 0.2) is 9.84 Å². The van der Waals surface area contributed by atoms with Gasteiger partial charge in [0.25, 0.3) is 0 Å². The summed E-state index contributed by atoms with van der Waals surface area (Å²) in [6, 6.07) is 7.59. The molecule has 1 amide bonds. The lowest BCUT2D eigenvalue weighted by molar-refractivity contribution is -0.129. The van der Waals surface area contributed by atoms with Gasteiger partial charge >= 0.3 is 0 Å². The van der Waals surface area contributed by atoms with Gasteiger partial charge in [-0.15, -0.1) is 11.8 Å². The van der Waals surface area contributed by atoms with Gasteiger partial charge in [0.2, 0.25) is 5.91 Å². The van der Waals surface area contributed by atoms with Gasteiger partial charge in [0.1, 0.15) is 0 Å². The Balaban J connectivity index is 1.97. The Morgan fingerprint density at radius 3 is 2.71 bits per heavy atom. The average molecular weight is 392 g/mol. The van der Waals surface area contributed by atoms with E-state index in [9.17, 15) is 13.2 Å². The molecular formula is C14H18BrNO3S2. The number of halogens is 1. The van der Waals surface area contributed by atoms with Crippen LogP contribution in [0.4, 0.5) is 0 Å². The maximum Gasteiger partial charge on any atom is 0.233 e. The summed E-state index contributed by atoms with van der Waals surface area (Å²) in [6.07, 6.45) is 0.557. The van der Waals surface area contributed by atoms with Crippen molar-refractivity contribution in [1.82, 2.24) is 4.90 Å². The number of benzene rings is 1. The number of nitrogens with zero attached hydrogens (tertiary/aromatic N) is 1. The third kappa shape index (κ3) is 4.47. The van der Waals surface area contributed by atoms with Gasteiger partial charge in [-0.05, 0) is 41.4 Å². The van der Waals surface area contributed by atoms with E-state index in [4.69, 9.17) is 0 Å². The third-order valence-electron chi connectivity index (χ3n) is 3.50. The van der Waals surface area contributed by atoms with E-state index in [1.807, 2.05) is 31.2 Å². The van der Waals surface area contributed by atoms with Gasteiger partial charge in [-0.1, -0.05) is 12.1 Å². The minimum absolute atomic E-state index is 0.000327. The van der Waals surface area contributed by atoms with Crippen molar-refractivity contribution in [2.24, 2.45) is 0 Å². The standard InChI is InChI=1S/C14H18BrNO3S2/c1-2-16(11-7-8-21(18,19)10-11)14(17)9-20-13-6-4-3-5-12(13)15/h3-6,11H,2,7-10H2,1H3. The SMILES string of the molecule is CCN(C(=O)CSc1ccccc1Br)C1CCS(=O)(=O)C1. The highest BCUT2D eigenvalue weighted by Crippen LogP contribution is 2.27. The van der Waals surface area contributed by atoms with E-state index in [1.165, 1.54) is 11.8 Å². The van der Waals surface area contributed by atoms with Gasteiger partial charge in [-0.2, -0.15) is 0 Å². The smallest absolute Gasteiger partial charge is 0.233 e. The minimum Gasteiger partial charge on any atom is -0.338 e.